The Morgan fingerprint density at radius 3 is 2.83 bits per heavy atom. The normalized spacial score (nSPS) is 14.0. The highest BCUT2D eigenvalue weighted by molar-refractivity contribution is 5.90. The molecule has 120 valence electrons. The van der Waals surface area contributed by atoms with Gasteiger partial charge in [-0.3, -0.25) is 9.89 Å². The highest BCUT2D eigenvalue weighted by Gasteiger charge is 2.29. The first-order valence-corrected chi connectivity index (χ1v) is 7.31. The summed E-state index contributed by atoms with van der Waals surface area (Å²) in [6.45, 7) is 0. The second-order valence-electron chi connectivity index (χ2n) is 5.28. The molecule has 0 atom stereocenters. The van der Waals surface area contributed by atoms with Crippen LogP contribution < -0.4 is 14.9 Å². The van der Waals surface area contributed by atoms with Crippen molar-refractivity contribution < 1.29 is 14.3 Å². The first kappa shape index (κ1) is 15.1. The van der Waals surface area contributed by atoms with E-state index in [-0.39, 0.29) is 11.8 Å². The van der Waals surface area contributed by atoms with E-state index in [0.717, 1.165) is 29.7 Å². The average molecular weight is 314 g/mol. The maximum Gasteiger partial charge on any atom is 0.243 e. The lowest BCUT2D eigenvalue weighted by Crippen LogP contribution is -2.18. The minimum absolute atomic E-state index is 0.0302. The highest BCUT2D eigenvalue weighted by atomic mass is 16.5. The fourth-order valence-corrected chi connectivity index (χ4v) is 2.22. The number of nitrogens with zero attached hydrogens (tertiary/aromatic N) is 2. The van der Waals surface area contributed by atoms with Gasteiger partial charge in [0.25, 0.3) is 0 Å². The number of aromatic nitrogens is 2. The van der Waals surface area contributed by atoms with Crippen LogP contribution in [0.15, 0.2) is 29.5 Å². The van der Waals surface area contributed by atoms with E-state index in [4.69, 9.17) is 9.47 Å². The minimum Gasteiger partial charge on any atom is -0.493 e. The minimum atomic E-state index is -0.0302. The molecule has 1 fully saturated rings. The predicted octanol–water partition coefficient (Wildman–Crippen LogP) is 1.95. The maximum atomic E-state index is 11.6. The molecule has 0 radical (unpaired) electrons. The molecule has 0 spiro atoms. The highest BCUT2D eigenvalue weighted by Crippen LogP contribution is 2.32. The number of H-pyrrole nitrogens is 1. The van der Waals surface area contributed by atoms with Crippen LogP contribution in [0.5, 0.6) is 11.5 Å². The van der Waals surface area contributed by atoms with Crippen molar-refractivity contribution in [2.45, 2.75) is 12.8 Å². The summed E-state index contributed by atoms with van der Waals surface area (Å²) in [6, 6.07) is 5.58. The Kier molecular flexibility index (Phi) is 4.27. The summed E-state index contributed by atoms with van der Waals surface area (Å²) in [5.41, 5.74) is 4.99. The van der Waals surface area contributed by atoms with E-state index in [1.807, 2.05) is 18.2 Å². The van der Waals surface area contributed by atoms with Crippen LogP contribution in [-0.2, 0) is 4.79 Å². The SMILES string of the molecule is COc1ccc(-c2[nH]ncc2C=NNC(=O)C2CC2)cc1OC. The van der Waals surface area contributed by atoms with Crippen LogP contribution in [0.25, 0.3) is 11.3 Å². The van der Waals surface area contributed by atoms with Crippen molar-refractivity contribution >= 4 is 12.1 Å². The lowest BCUT2D eigenvalue weighted by molar-refractivity contribution is -0.122. The third kappa shape index (κ3) is 3.33. The number of hydrazone groups is 1. The molecular weight excluding hydrogens is 296 g/mol. The fourth-order valence-electron chi connectivity index (χ4n) is 2.22. The van der Waals surface area contributed by atoms with E-state index >= 15 is 0 Å². The van der Waals surface area contributed by atoms with Crippen molar-refractivity contribution in [3.05, 3.63) is 30.0 Å². The van der Waals surface area contributed by atoms with Gasteiger partial charge >= 0.3 is 0 Å². The van der Waals surface area contributed by atoms with E-state index in [9.17, 15) is 4.79 Å². The molecule has 1 aromatic heterocycles. The van der Waals surface area contributed by atoms with E-state index in [1.165, 1.54) is 0 Å². The van der Waals surface area contributed by atoms with Gasteiger partial charge in [-0.05, 0) is 31.0 Å². The topological polar surface area (TPSA) is 88.6 Å². The molecule has 0 unspecified atom stereocenters. The van der Waals surface area contributed by atoms with Gasteiger partial charge in [0, 0.05) is 17.0 Å². The number of rotatable bonds is 6. The standard InChI is InChI=1S/C16H18N4O3/c1-22-13-6-5-11(7-14(13)23-2)15-12(8-17-19-15)9-18-20-16(21)10-3-4-10/h5-10H,3-4H2,1-2H3,(H,17,19)(H,20,21). The number of methoxy groups -OCH3 is 2. The molecule has 1 aliphatic rings. The number of aromatic amines is 1. The maximum absolute atomic E-state index is 11.6. The molecule has 0 bridgehead atoms. The molecular formula is C16H18N4O3. The molecule has 0 saturated heterocycles. The smallest absolute Gasteiger partial charge is 0.243 e. The molecule has 1 aliphatic carbocycles. The van der Waals surface area contributed by atoms with Crippen molar-refractivity contribution in [1.82, 2.24) is 15.6 Å². The molecule has 2 N–H and O–H groups in total. The number of amides is 1. The summed E-state index contributed by atoms with van der Waals surface area (Å²) in [7, 11) is 3.18. The molecule has 0 aliphatic heterocycles. The summed E-state index contributed by atoms with van der Waals surface area (Å²) in [6.07, 6.45) is 5.13. The number of carbonyl (C=O) groups is 1. The molecule has 1 aromatic carbocycles. The number of ether oxygens (including phenoxy) is 2. The van der Waals surface area contributed by atoms with Gasteiger partial charge in [-0.25, -0.2) is 5.43 Å². The number of nitrogens with one attached hydrogen (secondary N) is 2. The second-order valence-corrected chi connectivity index (χ2v) is 5.28. The molecule has 3 rings (SSSR count). The van der Waals surface area contributed by atoms with Gasteiger partial charge in [-0.1, -0.05) is 0 Å². The van der Waals surface area contributed by atoms with E-state index < -0.39 is 0 Å². The van der Waals surface area contributed by atoms with Crippen LogP contribution >= 0.6 is 0 Å². The molecule has 7 heteroatoms. The number of benzene rings is 1. The summed E-state index contributed by atoms with van der Waals surface area (Å²) >= 11 is 0. The van der Waals surface area contributed by atoms with Crippen molar-refractivity contribution in [3.8, 4) is 22.8 Å². The van der Waals surface area contributed by atoms with Gasteiger partial charge < -0.3 is 9.47 Å². The molecule has 1 saturated carbocycles. The van der Waals surface area contributed by atoms with Crippen LogP contribution in [0.4, 0.5) is 0 Å². The lowest BCUT2D eigenvalue weighted by Gasteiger charge is -2.09. The van der Waals surface area contributed by atoms with Crippen LogP contribution in [0, 0.1) is 5.92 Å². The fraction of sp³-hybridized carbons (Fsp3) is 0.312. The zero-order valence-electron chi connectivity index (χ0n) is 13.0. The molecule has 2 aromatic rings. The summed E-state index contributed by atoms with van der Waals surface area (Å²) < 4.78 is 10.5. The first-order chi connectivity index (χ1) is 11.2. The van der Waals surface area contributed by atoms with Gasteiger partial charge in [-0.15, -0.1) is 0 Å². The summed E-state index contributed by atoms with van der Waals surface area (Å²) in [5, 5.41) is 11.0. The van der Waals surface area contributed by atoms with Gasteiger partial charge in [0.05, 0.1) is 32.3 Å². The molecule has 1 heterocycles. The van der Waals surface area contributed by atoms with Gasteiger partial charge in [0.15, 0.2) is 11.5 Å². The predicted molar refractivity (Wildman–Crippen MR) is 85.6 cm³/mol. The quantitative estimate of drug-likeness (QED) is 0.630. The van der Waals surface area contributed by atoms with E-state index in [0.29, 0.717) is 11.5 Å². The molecule has 1 amide bonds. The zero-order chi connectivity index (χ0) is 16.2. The van der Waals surface area contributed by atoms with E-state index in [2.05, 4.69) is 20.7 Å². The average Bonchev–Trinajstić information content (AvgIpc) is 3.33. The molecule has 7 nitrogen and oxygen atoms in total. The second kappa shape index (κ2) is 6.51. The lowest BCUT2D eigenvalue weighted by atomic mass is 10.1. The largest absolute Gasteiger partial charge is 0.493 e. The van der Waals surface area contributed by atoms with Crippen molar-refractivity contribution in [1.29, 1.82) is 0 Å². The Balaban J connectivity index is 1.79. The first-order valence-electron chi connectivity index (χ1n) is 7.31. The monoisotopic (exact) mass is 314 g/mol. The Morgan fingerprint density at radius 2 is 2.13 bits per heavy atom. The number of hydrogen-bond acceptors (Lipinski definition) is 5. The zero-order valence-corrected chi connectivity index (χ0v) is 13.0. The van der Waals surface area contributed by atoms with Crippen LogP contribution in [0.1, 0.15) is 18.4 Å². The van der Waals surface area contributed by atoms with Crippen LogP contribution in [0.3, 0.4) is 0 Å². The van der Waals surface area contributed by atoms with E-state index in [1.54, 1.807) is 26.6 Å². The van der Waals surface area contributed by atoms with Crippen molar-refractivity contribution in [3.63, 3.8) is 0 Å². The third-order valence-corrected chi connectivity index (χ3v) is 3.67. The summed E-state index contributed by atoms with van der Waals surface area (Å²) in [5.74, 6) is 1.38. The summed E-state index contributed by atoms with van der Waals surface area (Å²) in [4.78, 5) is 11.6. The number of hydrogen-bond donors (Lipinski definition) is 2. The van der Waals surface area contributed by atoms with Crippen molar-refractivity contribution in [2.75, 3.05) is 14.2 Å². The Labute approximate surface area is 133 Å². The van der Waals surface area contributed by atoms with Gasteiger partial charge in [0.1, 0.15) is 0 Å². The Bertz CT molecular complexity index is 735. The van der Waals surface area contributed by atoms with Crippen LogP contribution in [0.2, 0.25) is 0 Å². The van der Waals surface area contributed by atoms with Crippen molar-refractivity contribution in [2.24, 2.45) is 11.0 Å². The third-order valence-electron chi connectivity index (χ3n) is 3.67. The molecule has 23 heavy (non-hydrogen) atoms. The number of carbonyl (C=O) groups excluding carboxylic acids is 1. The Hall–Kier alpha value is -2.83. The Morgan fingerprint density at radius 1 is 1.35 bits per heavy atom. The van der Waals surface area contributed by atoms with Gasteiger partial charge in [-0.2, -0.15) is 10.2 Å². The van der Waals surface area contributed by atoms with Crippen LogP contribution in [-0.4, -0.2) is 36.5 Å². The van der Waals surface area contributed by atoms with Gasteiger partial charge in [0.2, 0.25) is 5.91 Å².